The quantitative estimate of drug-likeness (QED) is 0.242. The van der Waals surface area contributed by atoms with Crippen LogP contribution < -0.4 is 15.0 Å². The second-order valence-electron chi connectivity index (χ2n) is 9.40. The first kappa shape index (κ1) is 26.1. The van der Waals surface area contributed by atoms with Crippen molar-refractivity contribution < 1.29 is 14.3 Å². The van der Waals surface area contributed by atoms with E-state index in [2.05, 4.69) is 61.3 Å². The third-order valence-electron chi connectivity index (χ3n) is 6.73. The van der Waals surface area contributed by atoms with Crippen molar-refractivity contribution in [3.63, 3.8) is 0 Å². The molecular formula is C31H33N5O3. The molecule has 5 aromatic rings. The Morgan fingerprint density at radius 2 is 1.64 bits per heavy atom. The van der Waals surface area contributed by atoms with Crippen LogP contribution in [-0.4, -0.2) is 47.8 Å². The van der Waals surface area contributed by atoms with Crippen LogP contribution in [-0.2, 0) is 22.7 Å². The molecule has 0 unspecified atom stereocenters. The lowest BCUT2D eigenvalue weighted by atomic mass is 10.0. The van der Waals surface area contributed by atoms with E-state index >= 15 is 0 Å². The summed E-state index contributed by atoms with van der Waals surface area (Å²) in [6, 6.07) is 24.1. The highest BCUT2D eigenvalue weighted by atomic mass is 16.5. The lowest BCUT2D eigenvalue weighted by Crippen LogP contribution is -2.43. The molecule has 6 rings (SSSR count). The van der Waals surface area contributed by atoms with Crippen molar-refractivity contribution in [2.24, 2.45) is 0 Å². The van der Waals surface area contributed by atoms with Gasteiger partial charge in [-0.2, -0.15) is 5.10 Å². The molecule has 0 amide bonds. The van der Waals surface area contributed by atoms with Gasteiger partial charge in [-0.25, -0.2) is 0 Å². The minimum Gasteiger partial charge on any atom is -0.488 e. The van der Waals surface area contributed by atoms with Gasteiger partial charge < -0.3 is 24.7 Å². The predicted molar refractivity (Wildman–Crippen MR) is 154 cm³/mol. The molecule has 0 atom stereocenters. The molecule has 1 saturated heterocycles. The van der Waals surface area contributed by atoms with Gasteiger partial charge in [0.2, 0.25) is 0 Å². The molecule has 0 radical (unpaired) electrons. The number of hydrogen-bond donors (Lipinski definition) is 3. The highest BCUT2D eigenvalue weighted by molar-refractivity contribution is 5.92. The van der Waals surface area contributed by atoms with Crippen LogP contribution in [0.1, 0.15) is 16.7 Å². The Labute approximate surface area is 228 Å². The maximum atomic E-state index is 9.76. The fraction of sp³-hybridized carbons (Fsp3) is 0.226. The summed E-state index contributed by atoms with van der Waals surface area (Å²) in [5, 5.41) is 12.2. The van der Waals surface area contributed by atoms with Crippen molar-refractivity contribution in [3.8, 4) is 17.0 Å². The van der Waals surface area contributed by atoms with Gasteiger partial charge in [0.25, 0.3) is 6.47 Å². The molecule has 3 heterocycles. The van der Waals surface area contributed by atoms with E-state index in [1.54, 1.807) is 0 Å². The van der Waals surface area contributed by atoms with Crippen LogP contribution in [0.15, 0.2) is 85.2 Å². The number of aromatic nitrogens is 3. The minimum atomic E-state index is 0.365. The molecule has 200 valence electrons. The zero-order valence-corrected chi connectivity index (χ0v) is 22.0. The molecule has 3 N–H and O–H groups in total. The van der Waals surface area contributed by atoms with Crippen molar-refractivity contribution in [3.05, 3.63) is 102 Å². The summed E-state index contributed by atoms with van der Waals surface area (Å²) in [6.45, 7) is 7.37. The van der Waals surface area contributed by atoms with Gasteiger partial charge in [0.15, 0.2) is 0 Å². The van der Waals surface area contributed by atoms with Gasteiger partial charge in [-0.1, -0.05) is 60.7 Å². The van der Waals surface area contributed by atoms with Crippen LogP contribution in [0.2, 0.25) is 0 Å². The SMILES string of the molecule is Cc1c[nH]c2cc(OCc3ccccc3)c(-c3[nH]ncc3N3CCNCC3)cc12.O=COCc1ccccc1. The maximum absolute atomic E-state index is 9.76. The maximum Gasteiger partial charge on any atom is 0.293 e. The molecule has 8 nitrogen and oxygen atoms in total. The number of aromatic amines is 2. The van der Waals surface area contributed by atoms with E-state index in [4.69, 9.17) is 4.74 Å². The molecule has 1 fully saturated rings. The average molecular weight is 524 g/mol. The lowest BCUT2D eigenvalue weighted by Gasteiger charge is -2.29. The molecule has 8 heteroatoms. The van der Waals surface area contributed by atoms with E-state index < -0.39 is 0 Å². The average Bonchev–Trinajstić information content (AvgIpc) is 3.63. The minimum absolute atomic E-state index is 0.365. The standard InChI is InChI=1S/C23H25N5O.C8H8O2/c1-16-13-25-20-12-22(29-15-17-5-3-2-4-6-17)19(11-18(16)20)23-21(14-26-27-23)28-9-7-24-8-10-28;9-7-10-6-8-4-2-1-3-5-8/h2-6,11-14,24-25H,7-10,15H2,1H3,(H,26,27);1-5,7H,6H2. The van der Waals surface area contributed by atoms with Gasteiger partial charge in [-0.05, 0) is 29.7 Å². The Morgan fingerprint density at radius 3 is 2.33 bits per heavy atom. The zero-order chi connectivity index (χ0) is 26.9. The predicted octanol–water partition coefficient (Wildman–Crippen LogP) is 5.21. The first-order valence-electron chi connectivity index (χ1n) is 13.1. The summed E-state index contributed by atoms with van der Waals surface area (Å²) in [5.74, 6) is 0.851. The number of hydrogen-bond acceptors (Lipinski definition) is 6. The first-order valence-corrected chi connectivity index (χ1v) is 13.1. The van der Waals surface area contributed by atoms with Gasteiger partial charge in [-0.3, -0.25) is 9.89 Å². The summed E-state index contributed by atoms with van der Waals surface area (Å²) >= 11 is 0. The van der Waals surface area contributed by atoms with Gasteiger partial charge >= 0.3 is 0 Å². The summed E-state index contributed by atoms with van der Waals surface area (Å²) in [6.07, 6.45) is 3.97. The Hall–Kier alpha value is -4.56. The molecule has 0 aliphatic carbocycles. The number of piperazine rings is 1. The molecule has 0 saturated carbocycles. The third-order valence-corrected chi connectivity index (χ3v) is 6.73. The van der Waals surface area contributed by atoms with Crippen LogP contribution >= 0.6 is 0 Å². The largest absolute Gasteiger partial charge is 0.488 e. The van der Waals surface area contributed by atoms with Crippen LogP contribution in [0.3, 0.4) is 0 Å². The molecule has 1 aliphatic heterocycles. The Morgan fingerprint density at radius 1 is 0.949 bits per heavy atom. The fourth-order valence-corrected chi connectivity index (χ4v) is 4.67. The molecule has 2 aromatic heterocycles. The van der Waals surface area contributed by atoms with Crippen LogP contribution in [0.4, 0.5) is 5.69 Å². The zero-order valence-electron chi connectivity index (χ0n) is 22.0. The molecular weight excluding hydrogens is 490 g/mol. The van der Waals surface area contributed by atoms with Crippen LogP contribution in [0.25, 0.3) is 22.2 Å². The van der Waals surface area contributed by atoms with E-state index in [0.717, 1.165) is 65.5 Å². The van der Waals surface area contributed by atoms with Crippen molar-refractivity contribution in [2.45, 2.75) is 20.1 Å². The number of nitrogens with one attached hydrogen (secondary N) is 3. The lowest BCUT2D eigenvalue weighted by molar-refractivity contribution is -0.129. The van der Waals surface area contributed by atoms with Gasteiger partial charge in [0.1, 0.15) is 19.0 Å². The van der Waals surface area contributed by atoms with Gasteiger partial charge in [0, 0.05) is 54.9 Å². The highest BCUT2D eigenvalue weighted by Crippen LogP contribution is 2.39. The Balaban J connectivity index is 0.000000261. The van der Waals surface area contributed by atoms with Gasteiger partial charge in [0.05, 0.1) is 17.6 Å². The van der Waals surface area contributed by atoms with Crippen molar-refractivity contribution >= 4 is 23.1 Å². The number of carbonyl (C=O) groups is 1. The van der Waals surface area contributed by atoms with Crippen molar-refractivity contribution in [1.29, 1.82) is 0 Å². The van der Waals surface area contributed by atoms with Crippen molar-refractivity contribution in [2.75, 3.05) is 31.1 Å². The summed E-state index contributed by atoms with van der Waals surface area (Å²) in [7, 11) is 0. The van der Waals surface area contributed by atoms with E-state index in [9.17, 15) is 4.79 Å². The number of ether oxygens (including phenoxy) is 2. The number of fused-ring (bicyclic) bond motifs is 1. The van der Waals surface area contributed by atoms with Crippen molar-refractivity contribution in [1.82, 2.24) is 20.5 Å². The normalized spacial score (nSPS) is 13.0. The molecule has 0 spiro atoms. The smallest absolute Gasteiger partial charge is 0.293 e. The summed E-state index contributed by atoms with van der Waals surface area (Å²) in [4.78, 5) is 15.5. The Kier molecular flexibility index (Phi) is 8.55. The summed E-state index contributed by atoms with van der Waals surface area (Å²) in [5.41, 5.74) is 7.64. The molecule has 0 bridgehead atoms. The highest BCUT2D eigenvalue weighted by Gasteiger charge is 2.21. The second-order valence-corrected chi connectivity index (χ2v) is 9.40. The number of anilines is 1. The topological polar surface area (TPSA) is 95.3 Å². The van der Waals surface area contributed by atoms with Crippen LogP contribution in [0.5, 0.6) is 5.75 Å². The molecule has 1 aliphatic rings. The first-order chi connectivity index (χ1) is 19.2. The van der Waals surface area contributed by atoms with E-state index in [0.29, 0.717) is 19.7 Å². The van der Waals surface area contributed by atoms with E-state index in [1.807, 2.05) is 60.9 Å². The molecule has 39 heavy (non-hydrogen) atoms. The number of H-pyrrole nitrogens is 2. The van der Waals surface area contributed by atoms with Crippen LogP contribution in [0, 0.1) is 6.92 Å². The third kappa shape index (κ3) is 6.48. The fourth-order valence-electron chi connectivity index (χ4n) is 4.67. The summed E-state index contributed by atoms with van der Waals surface area (Å²) < 4.78 is 10.8. The number of nitrogens with zero attached hydrogens (tertiary/aromatic N) is 2. The van der Waals surface area contributed by atoms with E-state index in [1.165, 1.54) is 10.9 Å². The van der Waals surface area contributed by atoms with E-state index in [-0.39, 0.29) is 0 Å². The number of rotatable bonds is 8. The number of aryl methyl sites for hydroxylation is 1. The number of benzene rings is 3. The number of carbonyl (C=O) groups excluding carboxylic acids is 1. The molecule has 3 aromatic carbocycles. The monoisotopic (exact) mass is 523 g/mol. The second kappa shape index (κ2) is 12.8. The Bertz CT molecular complexity index is 1470. The van der Waals surface area contributed by atoms with Gasteiger partial charge in [-0.15, -0.1) is 0 Å².